The molecule has 0 aromatic rings. The van der Waals surface area contributed by atoms with Crippen LogP contribution in [0, 0.1) is 76.9 Å². The van der Waals surface area contributed by atoms with Crippen LogP contribution in [0.4, 0.5) is 0 Å². The number of rotatable bonds is 19. The molecule has 1 aliphatic rings. The Labute approximate surface area is 321 Å². The molecule has 0 unspecified atom stereocenters. The Morgan fingerprint density at radius 1 is 0.460 bits per heavy atom. The molecule has 0 spiro atoms. The van der Waals surface area contributed by atoms with Crippen LogP contribution in [0.2, 0.25) is 0 Å². The lowest BCUT2D eigenvalue weighted by Crippen LogP contribution is -2.08. The van der Waals surface area contributed by atoms with Crippen molar-refractivity contribution in [2.75, 3.05) is 0 Å². The van der Waals surface area contributed by atoms with Gasteiger partial charge in [-0.15, -0.1) is 0 Å². The van der Waals surface area contributed by atoms with Crippen LogP contribution in [0.3, 0.4) is 0 Å². The van der Waals surface area contributed by atoms with E-state index in [9.17, 15) is 5.11 Å². The summed E-state index contributed by atoms with van der Waals surface area (Å²) >= 11 is 0. The van der Waals surface area contributed by atoms with Crippen LogP contribution in [0.25, 0.3) is 0 Å². The maximum absolute atomic E-state index is 9.35. The average molecular weight is 707 g/mol. The van der Waals surface area contributed by atoms with Gasteiger partial charge in [0.05, 0.1) is 6.10 Å². The van der Waals surface area contributed by atoms with Gasteiger partial charge in [-0.2, -0.15) is 0 Å². The van der Waals surface area contributed by atoms with Gasteiger partial charge in [0, 0.05) is 0 Å². The van der Waals surface area contributed by atoms with E-state index in [1.807, 2.05) is 6.08 Å². The molecule has 1 saturated carbocycles. The first kappa shape index (κ1) is 56.2. The average Bonchev–Trinajstić information content (AvgIpc) is 3.84. The van der Waals surface area contributed by atoms with Crippen LogP contribution in [-0.4, -0.2) is 11.2 Å². The lowest BCUT2D eigenvalue weighted by Gasteiger charge is -2.19. The van der Waals surface area contributed by atoms with E-state index in [0.717, 1.165) is 59.2 Å². The zero-order chi connectivity index (χ0) is 40.0. The molecule has 0 aliphatic heterocycles. The van der Waals surface area contributed by atoms with Gasteiger partial charge in [-0.3, -0.25) is 0 Å². The third kappa shape index (κ3) is 47.4. The highest BCUT2D eigenvalue weighted by molar-refractivity contribution is 4.97. The van der Waals surface area contributed by atoms with Crippen LogP contribution >= 0.6 is 0 Å². The quantitative estimate of drug-likeness (QED) is 0.133. The fraction of sp³-hybridized carbons (Fsp3) is 0.918. The summed E-state index contributed by atoms with van der Waals surface area (Å²) < 4.78 is 0. The van der Waals surface area contributed by atoms with Crippen LogP contribution in [0.5, 0.6) is 0 Å². The first-order valence-electron chi connectivity index (χ1n) is 22.0. The van der Waals surface area contributed by atoms with Gasteiger partial charge >= 0.3 is 0 Å². The molecule has 1 heteroatoms. The lowest BCUT2D eigenvalue weighted by molar-refractivity contribution is 0.199. The van der Waals surface area contributed by atoms with Gasteiger partial charge in [0.1, 0.15) is 0 Å². The largest absolute Gasteiger partial charge is 0.389 e. The molecule has 4 atom stereocenters. The lowest BCUT2D eigenvalue weighted by atomic mass is 9.87. The Balaban J connectivity index is -0.000000265. The highest BCUT2D eigenvalue weighted by Gasteiger charge is 2.27. The number of hydrogen-bond acceptors (Lipinski definition) is 1. The minimum atomic E-state index is -0.164. The van der Waals surface area contributed by atoms with Crippen molar-refractivity contribution < 1.29 is 5.11 Å². The molecule has 0 bridgehead atoms. The number of allylic oxidation sites excluding steroid dienone is 3. The summed E-state index contributed by atoms with van der Waals surface area (Å²) in [6.07, 6.45) is 22.0. The van der Waals surface area contributed by atoms with Crippen LogP contribution < -0.4 is 0 Å². The molecule has 0 amide bonds. The van der Waals surface area contributed by atoms with E-state index < -0.39 is 0 Å². The predicted octanol–water partition coefficient (Wildman–Crippen LogP) is 16.7. The Hall–Kier alpha value is -0.560. The van der Waals surface area contributed by atoms with Crippen molar-refractivity contribution >= 4 is 0 Å². The molecule has 0 aromatic carbocycles. The van der Waals surface area contributed by atoms with E-state index in [4.69, 9.17) is 0 Å². The van der Waals surface area contributed by atoms with Gasteiger partial charge in [0.2, 0.25) is 0 Å². The van der Waals surface area contributed by atoms with E-state index in [1.165, 1.54) is 64.2 Å². The van der Waals surface area contributed by atoms with E-state index in [0.29, 0.717) is 17.8 Å². The number of aliphatic hydroxyl groups is 1. The fourth-order valence-electron chi connectivity index (χ4n) is 4.97. The highest BCUT2D eigenvalue weighted by Crippen LogP contribution is 2.33. The Morgan fingerprint density at radius 2 is 0.860 bits per heavy atom. The minimum absolute atomic E-state index is 0.164. The Morgan fingerprint density at radius 3 is 1.16 bits per heavy atom. The molecule has 0 radical (unpaired) electrons. The van der Waals surface area contributed by atoms with Crippen molar-refractivity contribution in [2.45, 2.75) is 216 Å². The van der Waals surface area contributed by atoms with Gasteiger partial charge in [-0.05, 0) is 96.2 Å². The van der Waals surface area contributed by atoms with Gasteiger partial charge in [-0.1, -0.05) is 215 Å². The zero-order valence-corrected chi connectivity index (χ0v) is 38.9. The van der Waals surface area contributed by atoms with Crippen LogP contribution in [-0.2, 0) is 0 Å². The van der Waals surface area contributed by atoms with Gasteiger partial charge in [0.25, 0.3) is 0 Å². The molecule has 50 heavy (non-hydrogen) atoms. The monoisotopic (exact) mass is 707 g/mol. The van der Waals surface area contributed by atoms with E-state index in [1.54, 1.807) is 0 Å². The molecule has 304 valence electrons. The van der Waals surface area contributed by atoms with Crippen LogP contribution in [0.15, 0.2) is 24.3 Å². The molecule has 0 heterocycles. The van der Waals surface area contributed by atoms with Crippen molar-refractivity contribution in [1.29, 1.82) is 0 Å². The molecule has 1 N–H and O–H groups in total. The van der Waals surface area contributed by atoms with E-state index in [2.05, 4.69) is 164 Å². The van der Waals surface area contributed by atoms with Crippen molar-refractivity contribution in [3.05, 3.63) is 24.3 Å². The first-order chi connectivity index (χ1) is 23.0. The summed E-state index contributed by atoms with van der Waals surface area (Å²) in [6.45, 7) is 47.8. The third-order valence-electron chi connectivity index (χ3n) is 10.1. The zero-order valence-electron chi connectivity index (χ0n) is 38.9. The predicted molar refractivity (Wildman–Crippen MR) is 235 cm³/mol. The summed E-state index contributed by atoms with van der Waals surface area (Å²) in [5.41, 5.74) is 0. The molecular formula is C49H102O. The van der Waals surface area contributed by atoms with Crippen LogP contribution in [0.1, 0.15) is 210 Å². The normalized spacial score (nSPS) is 15.7. The Kier molecular flexibility index (Phi) is 39.9. The fourth-order valence-corrected chi connectivity index (χ4v) is 4.97. The highest BCUT2D eigenvalue weighted by atomic mass is 16.3. The molecule has 1 aliphatic carbocycles. The Bertz CT molecular complexity index is 685. The van der Waals surface area contributed by atoms with Gasteiger partial charge < -0.3 is 5.11 Å². The molecule has 1 fully saturated rings. The number of hydrogen-bond donors (Lipinski definition) is 1. The second-order valence-electron chi connectivity index (χ2n) is 19.5. The van der Waals surface area contributed by atoms with E-state index in [-0.39, 0.29) is 6.10 Å². The molecular weight excluding hydrogens is 605 g/mol. The van der Waals surface area contributed by atoms with Gasteiger partial charge in [-0.25, -0.2) is 0 Å². The first-order valence-corrected chi connectivity index (χ1v) is 22.0. The van der Waals surface area contributed by atoms with Crippen molar-refractivity contribution in [2.24, 2.45) is 76.9 Å². The third-order valence-corrected chi connectivity index (χ3v) is 10.1. The maximum atomic E-state index is 9.35. The van der Waals surface area contributed by atoms with Crippen molar-refractivity contribution in [1.82, 2.24) is 0 Å². The molecule has 0 aromatic heterocycles. The summed E-state index contributed by atoms with van der Waals surface area (Å²) in [5, 5.41) is 9.35. The standard InChI is InChI=1S/C11H24.C10H22.C10H20.C9H16O.C9H20/c1-6-11(10(4)5)8-7-9(2)3;2*1-8(2)6-7-10(5)9(3)4;1-7(2)3-6-9(10)8-4-5-8;1-8(2)6-5-7-9(3)4/h9-11H,6-8H2,1-5H3;8-10H,6-7H2,1-5H3;6-10H,1-5H3;3,6-10H,4-5H2,1-2H3;8-9H,5-7H2,1-4H3/b;;7-6+;6-3+;/t11-;2*10-;9-;/m0000./s1. The van der Waals surface area contributed by atoms with Crippen molar-refractivity contribution in [3.63, 3.8) is 0 Å². The molecule has 0 saturated heterocycles. The van der Waals surface area contributed by atoms with Crippen molar-refractivity contribution in [3.8, 4) is 0 Å². The summed E-state index contributed by atoms with van der Waals surface area (Å²) in [6, 6.07) is 0. The topological polar surface area (TPSA) is 20.2 Å². The van der Waals surface area contributed by atoms with E-state index >= 15 is 0 Å². The summed E-state index contributed by atoms with van der Waals surface area (Å²) in [7, 11) is 0. The minimum Gasteiger partial charge on any atom is -0.389 e. The maximum Gasteiger partial charge on any atom is 0.0749 e. The van der Waals surface area contributed by atoms with Gasteiger partial charge in [0.15, 0.2) is 0 Å². The summed E-state index contributed by atoms with van der Waals surface area (Å²) in [5.74, 6) is 10.5. The molecule has 1 rings (SSSR count). The molecule has 1 nitrogen and oxygen atoms in total. The second-order valence-corrected chi connectivity index (χ2v) is 19.5. The number of aliphatic hydroxyl groups excluding tert-OH is 1. The summed E-state index contributed by atoms with van der Waals surface area (Å²) in [4.78, 5) is 0. The second kappa shape index (κ2) is 35.5. The smallest absolute Gasteiger partial charge is 0.0749 e. The SMILES string of the molecule is CC(C)/C=C/[C@H](C)C(C)C.CC(C)/C=C/[C@H](O)C1CC1.CC(C)CCCC(C)C.CC(C)CC[C@H](C)C(C)C.CC[C@@H](CCC(C)C)C(C)C.